The SMILES string of the molecule is COc1cccc(OCCC(C)(C#N)c2ccccc2)c1. The number of benzene rings is 2. The maximum absolute atomic E-state index is 9.49. The predicted molar refractivity (Wildman–Crippen MR) is 82.5 cm³/mol. The first-order valence-electron chi connectivity index (χ1n) is 6.91. The highest BCUT2D eigenvalue weighted by molar-refractivity contribution is 5.33. The minimum Gasteiger partial charge on any atom is -0.497 e. The lowest BCUT2D eigenvalue weighted by Crippen LogP contribution is -2.22. The molecule has 0 radical (unpaired) electrons. The van der Waals surface area contributed by atoms with Crippen molar-refractivity contribution >= 4 is 0 Å². The molecule has 21 heavy (non-hydrogen) atoms. The van der Waals surface area contributed by atoms with Crippen molar-refractivity contribution < 1.29 is 9.47 Å². The van der Waals surface area contributed by atoms with Crippen LogP contribution in [0.1, 0.15) is 18.9 Å². The summed E-state index contributed by atoms with van der Waals surface area (Å²) < 4.78 is 10.9. The molecule has 0 heterocycles. The van der Waals surface area contributed by atoms with Crippen molar-refractivity contribution in [3.8, 4) is 17.6 Å². The Morgan fingerprint density at radius 1 is 1.05 bits per heavy atom. The van der Waals surface area contributed by atoms with Gasteiger partial charge in [0.1, 0.15) is 11.5 Å². The second kappa shape index (κ2) is 6.81. The molecule has 0 amide bonds. The van der Waals surface area contributed by atoms with Crippen LogP contribution in [0.15, 0.2) is 54.6 Å². The zero-order valence-corrected chi connectivity index (χ0v) is 12.4. The second-order valence-corrected chi connectivity index (χ2v) is 5.09. The summed E-state index contributed by atoms with van der Waals surface area (Å²) in [5, 5.41) is 9.49. The lowest BCUT2D eigenvalue weighted by Gasteiger charge is -2.22. The van der Waals surface area contributed by atoms with Crippen LogP contribution in [0.25, 0.3) is 0 Å². The molecule has 3 heteroatoms. The Bertz CT molecular complexity index is 619. The summed E-state index contributed by atoms with van der Waals surface area (Å²) in [6, 6.07) is 19.7. The monoisotopic (exact) mass is 281 g/mol. The van der Waals surface area contributed by atoms with E-state index in [4.69, 9.17) is 9.47 Å². The van der Waals surface area contributed by atoms with Crippen LogP contribution in [-0.2, 0) is 5.41 Å². The Morgan fingerprint density at radius 2 is 1.76 bits per heavy atom. The Labute approximate surface area is 125 Å². The van der Waals surface area contributed by atoms with Crippen molar-refractivity contribution in [2.75, 3.05) is 13.7 Å². The van der Waals surface area contributed by atoms with Crippen molar-refractivity contribution in [3.05, 3.63) is 60.2 Å². The van der Waals surface area contributed by atoms with E-state index in [1.165, 1.54) is 0 Å². The highest BCUT2D eigenvalue weighted by Gasteiger charge is 2.26. The second-order valence-electron chi connectivity index (χ2n) is 5.09. The van der Waals surface area contributed by atoms with Gasteiger partial charge in [0, 0.05) is 12.5 Å². The van der Waals surface area contributed by atoms with Crippen molar-refractivity contribution in [1.29, 1.82) is 5.26 Å². The molecule has 0 aromatic heterocycles. The molecule has 2 aromatic carbocycles. The molecule has 0 bridgehead atoms. The lowest BCUT2D eigenvalue weighted by atomic mass is 9.81. The molecule has 0 saturated heterocycles. The largest absolute Gasteiger partial charge is 0.497 e. The van der Waals surface area contributed by atoms with E-state index in [2.05, 4.69) is 6.07 Å². The molecule has 2 rings (SSSR count). The average Bonchev–Trinajstić information content (AvgIpc) is 2.55. The number of ether oxygens (including phenoxy) is 2. The summed E-state index contributed by atoms with van der Waals surface area (Å²) in [4.78, 5) is 0. The Balaban J connectivity index is 1.99. The molecule has 108 valence electrons. The van der Waals surface area contributed by atoms with E-state index in [-0.39, 0.29) is 0 Å². The highest BCUT2D eigenvalue weighted by atomic mass is 16.5. The van der Waals surface area contributed by atoms with Gasteiger partial charge in [0.2, 0.25) is 0 Å². The van der Waals surface area contributed by atoms with Crippen molar-refractivity contribution in [1.82, 2.24) is 0 Å². The van der Waals surface area contributed by atoms with Gasteiger partial charge in [-0.15, -0.1) is 0 Å². The third-order valence-corrected chi connectivity index (χ3v) is 3.57. The Morgan fingerprint density at radius 3 is 2.43 bits per heavy atom. The predicted octanol–water partition coefficient (Wildman–Crippen LogP) is 3.95. The van der Waals surface area contributed by atoms with Gasteiger partial charge < -0.3 is 9.47 Å². The number of hydrogen-bond donors (Lipinski definition) is 0. The zero-order chi connectivity index (χ0) is 15.1. The summed E-state index contributed by atoms with van der Waals surface area (Å²) in [5.74, 6) is 1.52. The maximum atomic E-state index is 9.49. The van der Waals surface area contributed by atoms with Crippen LogP contribution < -0.4 is 9.47 Å². The standard InChI is InChI=1S/C18H19NO2/c1-18(14-19,15-7-4-3-5-8-15)11-12-21-17-10-6-9-16(13-17)20-2/h3-10,13H,11-12H2,1-2H3. The van der Waals surface area contributed by atoms with Gasteiger partial charge in [-0.2, -0.15) is 5.26 Å². The molecule has 2 aromatic rings. The van der Waals surface area contributed by atoms with E-state index in [0.717, 1.165) is 17.1 Å². The van der Waals surface area contributed by atoms with Crippen LogP contribution in [0.5, 0.6) is 11.5 Å². The fourth-order valence-electron chi connectivity index (χ4n) is 2.13. The Kier molecular flexibility index (Phi) is 4.84. The number of methoxy groups -OCH3 is 1. The third kappa shape index (κ3) is 3.76. The molecule has 0 N–H and O–H groups in total. The summed E-state index contributed by atoms with van der Waals surface area (Å²) in [6.45, 7) is 2.42. The molecular formula is C18H19NO2. The van der Waals surface area contributed by atoms with Crippen molar-refractivity contribution in [2.24, 2.45) is 0 Å². The first-order valence-corrected chi connectivity index (χ1v) is 6.91. The number of hydrogen-bond acceptors (Lipinski definition) is 3. The van der Waals surface area contributed by atoms with Gasteiger partial charge in [-0.05, 0) is 24.6 Å². The van der Waals surface area contributed by atoms with Crippen molar-refractivity contribution in [3.63, 3.8) is 0 Å². The minimum atomic E-state index is -0.542. The van der Waals surface area contributed by atoms with E-state index in [0.29, 0.717) is 13.0 Å². The van der Waals surface area contributed by atoms with Gasteiger partial charge in [0.15, 0.2) is 0 Å². The minimum absolute atomic E-state index is 0.478. The maximum Gasteiger partial charge on any atom is 0.122 e. The molecule has 0 aliphatic rings. The molecular weight excluding hydrogens is 262 g/mol. The summed E-state index contributed by atoms with van der Waals surface area (Å²) >= 11 is 0. The number of rotatable bonds is 6. The van der Waals surface area contributed by atoms with E-state index in [1.807, 2.05) is 61.5 Å². The lowest BCUT2D eigenvalue weighted by molar-refractivity contribution is 0.283. The molecule has 1 unspecified atom stereocenters. The molecule has 0 fully saturated rings. The van der Waals surface area contributed by atoms with Crippen LogP contribution in [0.2, 0.25) is 0 Å². The molecule has 0 aliphatic carbocycles. The van der Waals surface area contributed by atoms with E-state index in [1.54, 1.807) is 7.11 Å². The van der Waals surface area contributed by atoms with Crippen LogP contribution >= 0.6 is 0 Å². The molecule has 1 atom stereocenters. The quantitative estimate of drug-likeness (QED) is 0.805. The fourth-order valence-corrected chi connectivity index (χ4v) is 2.13. The Hall–Kier alpha value is -2.47. The first-order chi connectivity index (χ1) is 10.2. The van der Waals surface area contributed by atoms with Crippen LogP contribution in [0.4, 0.5) is 0 Å². The average molecular weight is 281 g/mol. The van der Waals surface area contributed by atoms with Crippen LogP contribution in [0.3, 0.4) is 0 Å². The van der Waals surface area contributed by atoms with Crippen LogP contribution in [0, 0.1) is 11.3 Å². The van der Waals surface area contributed by atoms with E-state index >= 15 is 0 Å². The van der Waals surface area contributed by atoms with Gasteiger partial charge in [-0.3, -0.25) is 0 Å². The molecule has 3 nitrogen and oxygen atoms in total. The van der Waals surface area contributed by atoms with Gasteiger partial charge in [-0.25, -0.2) is 0 Å². The van der Waals surface area contributed by atoms with Gasteiger partial charge in [0.25, 0.3) is 0 Å². The normalized spacial score (nSPS) is 13.0. The highest BCUT2D eigenvalue weighted by Crippen LogP contribution is 2.27. The fraction of sp³-hybridized carbons (Fsp3) is 0.278. The molecule has 0 saturated carbocycles. The van der Waals surface area contributed by atoms with Crippen molar-refractivity contribution in [2.45, 2.75) is 18.8 Å². The third-order valence-electron chi connectivity index (χ3n) is 3.57. The molecule has 0 aliphatic heterocycles. The first kappa shape index (κ1) is 14.9. The van der Waals surface area contributed by atoms with Gasteiger partial charge in [-0.1, -0.05) is 36.4 Å². The van der Waals surface area contributed by atoms with Gasteiger partial charge >= 0.3 is 0 Å². The number of nitrogens with zero attached hydrogens (tertiary/aromatic N) is 1. The zero-order valence-electron chi connectivity index (χ0n) is 12.4. The summed E-state index contributed by atoms with van der Waals surface area (Å²) in [7, 11) is 1.63. The summed E-state index contributed by atoms with van der Waals surface area (Å²) in [5.41, 5.74) is 0.474. The van der Waals surface area contributed by atoms with Gasteiger partial charge in [0.05, 0.1) is 25.2 Å². The summed E-state index contributed by atoms with van der Waals surface area (Å²) in [6.07, 6.45) is 0.630. The molecule has 0 spiro atoms. The topological polar surface area (TPSA) is 42.2 Å². The number of nitriles is 1. The van der Waals surface area contributed by atoms with E-state index in [9.17, 15) is 5.26 Å². The van der Waals surface area contributed by atoms with E-state index < -0.39 is 5.41 Å². The smallest absolute Gasteiger partial charge is 0.122 e. The van der Waals surface area contributed by atoms with Crippen LogP contribution in [-0.4, -0.2) is 13.7 Å².